The normalized spacial score (nSPS) is 12.6. The van der Waals surface area contributed by atoms with Crippen LogP contribution in [-0.2, 0) is 9.53 Å². The summed E-state index contributed by atoms with van der Waals surface area (Å²) in [6, 6.07) is 2.26. The summed E-state index contributed by atoms with van der Waals surface area (Å²) < 4.78 is 5.27. The molecule has 6 nitrogen and oxygen atoms in total. The summed E-state index contributed by atoms with van der Waals surface area (Å²) in [4.78, 5) is 29.0. The monoisotopic (exact) mass is 294 g/mol. The van der Waals surface area contributed by atoms with E-state index in [1.807, 2.05) is 6.92 Å². The molecule has 0 aromatic carbocycles. The van der Waals surface area contributed by atoms with Crippen molar-refractivity contribution in [2.24, 2.45) is 0 Å². The Morgan fingerprint density at radius 3 is 2.38 bits per heavy atom. The maximum absolute atomic E-state index is 12.2. The standard InChI is InChI=1S/C15H22N2O4/c1-6-17(14(20)21-15(3,4)5)12(13(18)19)11-8-7-10(2)16-9-11/h7-9,12H,6H2,1-5H3,(H,18,19). The average molecular weight is 294 g/mol. The highest BCUT2D eigenvalue weighted by molar-refractivity contribution is 5.81. The second-order valence-electron chi connectivity index (χ2n) is 5.74. The number of carbonyl (C=O) groups excluding carboxylic acids is 1. The van der Waals surface area contributed by atoms with E-state index in [0.717, 1.165) is 5.69 Å². The summed E-state index contributed by atoms with van der Waals surface area (Å²) in [5.74, 6) is -1.12. The van der Waals surface area contributed by atoms with Gasteiger partial charge in [-0.2, -0.15) is 0 Å². The predicted molar refractivity (Wildman–Crippen MR) is 78.0 cm³/mol. The van der Waals surface area contributed by atoms with Crippen molar-refractivity contribution in [1.82, 2.24) is 9.88 Å². The third-order valence-corrected chi connectivity index (χ3v) is 2.76. The van der Waals surface area contributed by atoms with Crippen LogP contribution in [-0.4, -0.2) is 39.2 Å². The smallest absolute Gasteiger partial charge is 0.411 e. The van der Waals surface area contributed by atoms with E-state index >= 15 is 0 Å². The number of amides is 1. The number of carboxylic acid groups (broad SMARTS) is 1. The zero-order valence-electron chi connectivity index (χ0n) is 13.1. The van der Waals surface area contributed by atoms with Crippen LogP contribution in [0, 0.1) is 6.92 Å². The molecule has 0 saturated heterocycles. The largest absolute Gasteiger partial charge is 0.479 e. The fourth-order valence-electron chi connectivity index (χ4n) is 1.83. The third-order valence-electron chi connectivity index (χ3n) is 2.76. The number of hydrogen-bond acceptors (Lipinski definition) is 4. The summed E-state index contributed by atoms with van der Waals surface area (Å²) >= 11 is 0. The SMILES string of the molecule is CCN(C(=O)OC(C)(C)C)C(C(=O)O)c1ccc(C)nc1. The lowest BCUT2D eigenvalue weighted by molar-refractivity contribution is -0.143. The molecular weight excluding hydrogens is 272 g/mol. The number of aryl methyl sites for hydroxylation is 1. The van der Waals surface area contributed by atoms with Gasteiger partial charge in [0.05, 0.1) is 0 Å². The zero-order valence-corrected chi connectivity index (χ0v) is 13.1. The van der Waals surface area contributed by atoms with Gasteiger partial charge in [-0.05, 0) is 40.7 Å². The number of likely N-dealkylation sites (N-methyl/N-ethyl adjacent to an activating group) is 1. The number of rotatable bonds is 4. The van der Waals surface area contributed by atoms with Gasteiger partial charge in [0, 0.05) is 24.0 Å². The van der Waals surface area contributed by atoms with Crippen LogP contribution >= 0.6 is 0 Å². The van der Waals surface area contributed by atoms with Crippen molar-refractivity contribution in [2.45, 2.75) is 46.3 Å². The lowest BCUT2D eigenvalue weighted by Gasteiger charge is -2.30. The number of nitrogens with zero attached hydrogens (tertiary/aromatic N) is 2. The fourth-order valence-corrected chi connectivity index (χ4v) is 1.83. The maximum atomic E-state index is 12.2. The molecule has 0 fully saturated rings. The minimum atomic E-state index is -1.12. The van der Waals surface area contributed by atoms with Gasteiger partial charge in [0.15, 0.2) is 6.04 Å². The van der Waals surface area contributed by atoms with Crippen LogP contribution in [0.2, 0.25) is 0 Å². The molecule has 1 aromatic heterocycles. The highest BCUT2D eigenvalue weighted by Gasteiger charge is 2.33. The van der Waals surface area contributed by atoms with E-state index in [2.05, 4.69) is 4.98 Å². The van der Waals surface area contributed by atoms with E-state index in [0.29, 0.717) is 5.56 Å². The number of pyridine rings is 1. The molecular formula is C15H22N2O4. The molecule has 0 aliphatic carbocycles. The predicted octanol–water partition coefficient (Wildman–Crippen LogP) is 2.77. The van der Waals surface area contributed by atoms with E-state index in [1.54, 1.807) is 39.8 Å². The Morgan fingerprint density at radius 1 is 1.38 bits per heavy atom. The quantitative estimate of drug-likeness (QED) is 0.923. The van der Waals surface area contributed by atoms with Gasteiger partial charge in [0.25, 0.3) is 0 Å². The molecule has 1 rings (SSSR count). The zero-order chi connectivity index (χ0) is 16.2. The highest BCUT2D eigenvalue weighted by Crippen LogP contribution is 2.23. The second kappa shape index (κ2) is 6.56. The molecule has 6 heteroatoms. The van der Waals surface area contributed by atoms with Crippen LogP contribution in [0.25, 0.3) is 0 Å². The lowest BCUT2D eigenvalue weighted by atomic mass is 10.1. The van der Waals surface area contributed by atoms with Crippen molar-refractivity contribution < 1.29 is 19.4 Å². The van der Waals surface area contributed by atoms with Crippen molar-refractivity contribution in [3.05, 3.63) is 29.6 Å². The Bertz CT molecular complexity index is 505. The van der Waals surface area contributed by atoms with E-state index in [4.69, 9.17) is 4.74 Å². The van der Waals surface area contributed by atoms with Crippen LogP contribution in [0.15, 0.2) is 18.3 Å². The summed E-state index contributed by atoms with van der Waals surface area (Å²) in [6.07, 6.45) is 0.819. The Morgan fingerprint density at radius 2 is 2.00 bits per heavy atom. The van der Waals surface area contributed by atoms with Gasteiger partial charge in [-0.1, -0.05) is 6.07 Å². The summed E-state index contributed by atoms with van der Waals surface area (Å²) in [5, 5.41) is 9.47. The highest BCUT2D eigenvalue weighted by atomic mass is 16.6. The molecule has 1 heterocycles. The molecule has 116 valence electrons. The van der Waals surface area contributed by atoms with Crippen molar-refractivity contribution in [2.75, 3.05) is 6.54 Å². The van der Waals surface area contributed by atoms with E-state index in [9.17, 15) is 14.7 Å². The van der Waals surface area contributed by atoms with Crippen LogP contribution in [0.4, 0.5) is 4.79 Å². The minimum absolute atomic E-state index is 0.222. The summed E-state index contributed by atoms with van der Waals surface area (Å²) in [5.41, 5.74) is 0.544. The molecule has 0 saturated carbocycles. The van der Waals surface area contributed by atoms with Crippen LogP contribution in [0.1, 0.15) is 45.0 Å². The number of aromatic nitrogens is 1. The number of hydrogen-bond donors (Lipinski definition) is 1. The van der Waals surface area contributed by atoms with Gasteiger partial charge in [-0.3, -0.25) is 9.88 Å². The number of ether oxygens (including phenoxy) is 1. The number of carboxylic acids is 1. The van der Waals surface area contributed by atoms with Crippen molar-refractivity contribution in [3.63, 3.8) is 0 Å². The Labute approximate surface area is 124 Å². The first-order valence-electron chi connectivity index (χ1n) is 6.80. The first-order chi connectivity index (χ1) is 9.65. The molecule has 1 amide bonds. The Hall–Kier alpha value is -2.11. The van der Waals surface area contributed by atoms with Gasteiger partial charge in [0.1, 0.15) is 5.60 Å². The molecule has 1 aromatic rings. The fraction of sp³-hybridized carbons (Fsp3) is 0.533. The Kier molecular flexibility index (Phi) is 5.29. The average Bonchev–Trinajstić information content (AvgIpc) is 2.34. The van der Waals surface area contributed by atoms with E-state index < -0.39 is 23.7 Å². The Balaban J connectivity index is 3.09. The molecule has 21 heavy (non-hydrogen) atoms. The first kappa shape index (κ1) is 16.9. The van der Waals surface area contributed by atoms with E-state index in [-0.39, 0.29) is 6.54 Å². The first-order valence-corrected chi connectivity index (χ1v) is 6.80. The van der Waals surface area contributed by atoms with Crippen LogP contribution in [0.5, 0.6) is 0 Å². The molecule has 1 atom stereocenters. The van der Waals surface area contributed by atoms with Gasteiger partial charge in [0.2, 0.25) is 0 Å². The van der Waals surface area contributed by atoms with E-state index in [1.165, 1.54) is 11.1 Å². The van der Waals surface area contributed by atoms with Gasteiger partial charge in [-0.25, -0.2) is 9.59 Å². The van der Waals surface area contributed by atoms with Crippen molar-refractivity contribution >= 4 is 12.1 Å². The second-order valence-corrected chi connectivity index (χ2v) is 5.74. The molecule has 0 aliphatic rings. The maximum Gasteiger partial charge on any atom is 0.411 e. The van der Waals surface area contributed by atoms with Crippen molar-refractivity contribution in [1.29, 1.82) is 0 Å². The van der Waals surface area contributed by atoms with Gasteiger partial charge in [-0.15, -0.1) is 0 Å². The van der Waals surface area contributed by atoms with Crippen LogP contribution < -0.4 is 0 Å². The molecule has 1 unspecified atom stereocenters. The summed E-state index contributed by atoms with van der Waals surface area (Å²) in [7, 11) is 0. The van der Waals surface area contributed by atoms with Gasteiger partial charge >= 0.3 is 12.1 Å². The number of aliphatic carboxylic acids is 1. The topological polar surface area (TPSA) is 79.7 Å². The minimum Gasteiger partial charge on any atom is -0.479 e. The third kappa shape index (κ3) is 4.73. The number of carbonyl (C=O) groups is 2. The van der Waals surface area contributed by atoms with Crippen LogP contribution in [0.3, 0.4) is 0 Å². The molecule has 0 aliphatic heterocycles. The lowest BCUT2D eigenvalue weighted by Crippen LogP contribution is -2.42. The molecule has 0 spiro atoms. The molecule has 1 N–H and O–H groups in total. The molecule has 0 bridgehead atoms. The summed E-state index contributed by atoms with van der Waals surface area (Å²) in [6.45, 7) is 8.96. The van der Waals surface area contributed by atoms with Crippen molar-refractivity contribution in [3.8, 4) is 0 Å². The molecule has 0 radical (unpaired) electrons. The van der Waals surface area contributed by atoms with Gasteiger partial charge < -0.3 is 9.84 Å².